The van der Waals surface area contributed by atoms with E-state index in [-0.39, 0.29) is 23.5 Å². The molecule has 2 unspecified atom stereocenters. The second-order valence-corrected chi connectivity index (χ2v) is 5.43. The van der Waals surface area contributed by atoms with Crippen molar-refractivity contribution in [2.45, 2.75) is 26.3 Å². The van der Waals surface area contributed by atoms with Crippen LogP contribution in [0.3, 0.4) is 0 Å². The second-order valence-electron chi connectivity index (χ2n) is 5.43. The molecule has 2 atom stereocenters. The predicted molar refractivity (Wildman–Crippen MR) is 78.6 cm³/mol. The number of carbonyl (C=O) groups excluding carboxylic acids is 2. The molecule has 21 heavy (non-hydrogen) atoms. The van der Waals surface area contributed by atoms with Crippen molar-refractivity contribution >= 4 is 17.5 Å². The largest absolute Gasteiger partial charge is 0.348 e. The van der Waals surface area contributed by atoms with Gasteiger partial charge in [-0.3, -0.25) is 9.59 Å². The Hall–Kier alpha value is -1.95. The Morgan fingerprint density at radius 1 is 1.38 bits per heavy atom. The van der Waals surface area contributed by atoms with Gasteiger partial charge in [-0.2, -0.15) is 0 Å². The summed E-state index contributed by atoms with van der Waals surface area (Å²) in [5.41, 5.74) is 0.350. The Kier molecular flexibility index (Phi) is 4.90. The van der Waals surface area contributed by atoms with Crippen molar-refractivity contribution in [3.05, 3.63) is 29.6 Å². The zero-order valence-corrected chi connectivity index (χ0v) is 12.2. The van der Waals surface area contributed by atoms with Crippen LogP contribution in [0.1, 0.15) is 30.6 Å². The summed E-state index contributed by atoms with van der Waals surface area (Å²) in [6, 6.07) is 4.01. The van der Waals surface area contributed by atoms with Crippen molar-refractivity contribution < 1.29 is 14.0 Å². The smallest absolute Gasteiger partial charge is 0.251 e. The van der Waals surface area contributed by atoms with Crippen LogP contribution in [0.2, 0.25) is 0 Å². The quantitative estimate of drug-likeness (QED) is 0.791. The summed E-state index contributed by atoms with van der Waals surface area (Å²) in [5, 5.41) is 8.56. The number of hydrogen-bond acceptors (Lipinski definition) is 3. The van der Waals surface area contributed by atoms with Gasteiger partial charge in [0.25, 0.3) is 5.91 Å². The Morgan fingerprint density at radius 2 is 2.14 bits per heavy atom. The van der Waals surface area contributed by atoms with E-state index < -0.39 is 5.82 Å². The minimum Gasteiger partial charge on any atom is -0.348 e. The van der Waals surface area contributed by atoms with E-state index in [1.54, 1.807) is 0 Å². The number of benzene rings is 1. The summed E-state index contributed by atoms with van der Waals surface area (Å²) in [4.78, 5) is 23.3. The van der Waals surface area contributed by atoms with Crippen LogP contribution in [0.25, 0.3) is 0 Å². The first-order valence-electron chi connectivity index (χ1n) is 7.06. The average Bonchev–Trinajstić information content (AvgIpc) is 2.43. The highest BCUT2D eigenvalue weighted by Crippen LogP contribution is 2.17. The standard InChI is InChI=1S/C15H20FN3O2/c1-9-5-6-17-8-14(9)19-15(21)11-3-4-12(16)13(7-11)18-10(2)20/h3-4,7,9,14,17H,5-6,8H2,1-2H3,(H,18,20)(H,19,21). The van der Waals surface area contributed by atoms with Crippen molar-refractivity contribution in [2.75, 3.05) is 18.4 Å². The van der Waals surface area contributed by atoms with Gasteiger partial charge in [0.05, 0.1) is 5.69 Å². The molecule has 1 heterocycles. The van der Waals surface area contributed by atoms with Gasteiger partial charge in [-0.05, 0) is 37.1 Å². The second kappa shape index (κ2) is 6.67. The molecule has 2 amide bonds. The molecule has 1 aliphatic heterocycles. The molecule has 0 saturated carbocycles. The predicted octanol–water partition coefficient (Wildman–Crippen LogP) is 1.51. The number of piperidine rings is 1. The van der Waals surface area contributed by atoms with E-state index in [1.807, 2.05) is 0 Å². The van der Waals surface area contributed by atoms with Gasteiger partial charge in [-0.1, -0.05) is 6.92 Å². The lowest BCUT2D eigenvalue weighted by Gasteiger charge is -2.30. The van der Waals surface area contributed by atoms with Gasteiger partial charge in [-0.25, -0.2) is 4.39 Å². The van der Waals surface area contributed by atoms with E-state index in [2.05, 4.69) is 22.9 Å². The van der Waals surface area contributed by atoms with Gasteiger partial charge in [-0.15, -0.1) is 0 Å². The molecular formula is C15H20FN3O2. The Morgan fingerprint density at radius 3 is 2.81 bits per heavy atom. The highest BCUT2D eigenvalue weighted by atomic mass is 19.1. The molecule has 0 radical (unpaired) electrons. The summed E-state index contributed by atoms with van der Waals surface area (Å²) in [7, 11) is 0. The molecule has 2 rings (SSSR count). The van der Waals surface area contributed by atoms with E-state index in [0.717, 1.165) is 19.5 Å². The maximum Gasteiger partial charge on any atom is 0.251 e. The summed E-state index contributed by atoms with van der Waals surface area (Å²) in [5.74, 6) is -0.807. The van der Waals surface area contributed by atoms with Crippen LogP contribution in [0.5, 0.6) is 0 Å². The van der Waals surface area contributed by atoms with Crippen molar-refractivity contribution in [2.24, 2.45) is 5.92 Å². The molecule has 1 aromatic carbocycles. The molecule has 1 fully saturated rings. The third-order valence-corrected chi connectivity index (χ3v) is 3.68. The molecule has 1 aliphatic rings. The van der Waals surface area contributed by atoms with E-state index in [9.17, 15) is 14.0 Å². The van der Waals surface area contributed by atoms with Crippen molar-refractivity contribution in [3.8, 4) is 0 Å². The lowest BCUT2D eigenvalue weighted by Crippen LogP contribution is -2.50. The molecule has 0 spiro atoms. The zero-order chi connectivity index (χ0) is 15.4. The average molecular weight is 293 g/mol. The Bertz CT molecular complexity index is 548. The van der Waals surface area contributed by atoms with E-state index >= 15 is 0 Å². The van der Waals surface area contributed by atoms with Crippen LogP contribution >= 0.6 is 0 Å². The number of halogens is 1. The minimum atomic E-state index is -0.561. The molecule has 3 N–H and O–H groups in total. The minimum absolute atomic E-state index is 0.0185. The van der Waals surface area contributed by atoms with Crippen molar-refractivity contribution in [1.29, 1.82) is 0 Å². The fraction of sp³-hybridized carbons (Fsp3) is 0.467. The van der Waals surface area contributed by atoms with Gasteiger partial charge in [0.1, 0.15) is 5.82 Å². The Labute approximate surface area is 123 Å². The molecule has 5 nitrogen and oxygen atoms in total. The molecule has 1 aromatic rings. The van der Waals surface area contributed by atoms with Gasteiger partial charge >= 0.3 is 0 Å². The first-order chi connectivity index (χ1) is 9.97. The van der Waals surface area contributed by atoms with Crippen LogP contribution < -0.4 is 16.0 Å². The number of rotatable bonds is 3. The lowest BCUT2D eigenvalue weighted by atomic mass is 9.94. The van der Waals surface area contributed by atoms with Gasteiger partial charge in [0, 0.05) is 25.1 Å². The van der Waals surface area contributed by atoms with Crippen LogP contribution in [0.4, 0.5) is 10.1 Å². The summed E-state index contributed by atoms with van der Waals surface area (Å²) < 4.78 is 13.6. The molecule has 0 aromatic heterocycles. The maximum atomic E-state index is 13.6. The lowest BCUT2D eigenvalue weighted by molar-refractivity contribution is -0.114. The zero-order valence-electron chi connectivity index (χ0n) is 12.2. The number of nitrogens with one attached hydrogen (secondary N) is 3. The van der Waals surface area contributed by atoms with E-state index in [4.69, 9.17) is 0 Å². The maximum absolute atomic E-state index is 13.6. The van der Waals surface area contributed by atoms with Gasteiger partial charge in [0.2, 0.25) is 5.91 Å². The van der Waals surface area contributed by atoms with Crippen molar-refractivity contribution in [1.82, 2.24) is 10.6 Å². The number of amides is 2. The van der Waals surface area contributed by atoms with Gasteiger partial charge < -0.3 is 16.0 Å². The number of anilines is 1. The molecule has 0 bridgehead atoms. The summed E-state index contributed by atoms with van der Waals surface area (Å²) in [6.07, 6.45) is 1.01. The first kappa shape index (κ1) is 15.4. The fourth-order valence-corrected chi connectivity index (χ4v) is 2.39. The first-order valence-corrected chi connectivity index (χ1v) is 7.06. The van der Waals surface area contributed by atoms with Crippen LogP contribution in [0.15, 0.2) is 18.2 Å². The van der Waals surface area contributed by atoms with E-state index in [1.165, 1.54) is 25.1 Å². The molecule has 0 aliphatic carbocycles. The third kappa shape index (κ3) is 4.01. The molecule has 114 valence electrons. The normalized spacial score (nSPS) is 21.7. The summed E-state index contributed by atoms with van der Waals surface area (Å²) in [6.45, 7) is 5.07. The van der Waals surface area contributed by atoms with Crippen LogP contribution in [-0.4, -0.2) is 30.9 Å². The van der Waals surface area contributed by atoms with Crippen molar-refractivity contribution in [3.63, 3.8) is 0 Å². The fourth-order valence-electron chi connectivity index (χ4n) is 2.39. The molecule has 6 heteroatoms. The highest BCUT2D eigenvalue weighted by molar-refractivity contribution is 5.97. The SMILES string of the molecule is CC(=O)Nc1cc(C(=O)NC2CNCCC2C)ccc1F. The highest BCUT2D eigenvalue weighted by Gasteiger charge is 2.23. The third-order valence-electron chi connectivity index (χ3n) is 3.68. The van der Waals surface area contributed by atoms with Gasteiger partial charge in [0.15, 0.2) is 0 Å². The van der Waals surface area contributed by atoms with Crippen LogP contribution in [0, 0.1) is 11.7 Å². The molecule has 1 saturated heterocycles. The number of carbonyl (C=O) groups is 2. The van der Waals surface area contributed by atoms with Crippen LogP contribution in [-0.2, 0) is 4.79 Å². The van der Waals surface area contributed by atoms with E-state index in [0.29, 0.717) is 11.5 Å². The monoisotopic (exact) mass is 293 g/mol. The Balaban J connectivity index is 2.09. The topological polar surface area (TPSA) is 70.2 Å². The molecular weight excluding hydrogens is 273 g/mol. The number of hydrogen-bond donors (Lipinski definition) is 3. The summed E-state index contributed by atoms with van der Waals surface area (Å²) >= 11 is 0.